The minimum atomic E-state index is -4.78. The van der Waals surface area contributed by atoms with Crippen LogP contribution in [0.4, 0.5) is 19.0 Å². The van der Waals surface area contributed by atoms with Crippen molar-refractivity contribution in [1.29, 1.82) is 0 Å². The second-order valence-electron chi connectivity index (χ2n) is 6.41. The summed E-state index contributed by atoms with van der Waals surface area (Å²) in [5.41, 5.74) is 1.53. The van der Waals surface area contributed by atoms with E-state index in [1.165, 1.54) is 25.3 Å². The van der Waals surface area contributed by atoms with E-state index in [0.717, 1.165) is 19.3 Å². The Morgan fingerprint density at radius 2 is 1.90 bits per heavy atom. The highest BCUT2D eigenvalue weighted by Crippen LogP contribution is 2.37. The molecule has 1 heterocycles. The number of hydrogen-bond donors (Lipinski definition) is 1. The van der Waals surface area contributed by atoms with Crippen LogP contribution < -0.4 is 19.5 Å². The lowest BCUT2D eigenvalue weighted by Gasteiger charge is -2.19. The molecule has 0 aliphatic carbocycles. The average Bonchev–Trinajstić information content (AvgIpc) is 2.66. The Morgan fingerprint density at radius 3 is 2.45 bits per heavy atom. The standard InChI is InChI=1S/C20H26F3N3O3/c1-6-8-13(7-2)28-19-18(24-4)26-17(12(3)25-19)15-10-9-14(11-16(15)27-5)29-20(21,22)23/h9-11,13H,6-8H2,1-5H3,(H,24,26)/t13-/m1/s1. The fraction of sp³-hybridized carbons (Fsp3) is 0.500. The van der Waals surface area contributed by atoms with Gasteiger partial charge >= 0.3 is 6.36 Å². The topological polar surface area (TPSA) is 65.5 Å². The molecule has 6 nitrogen and oxygen atoms in total. The molecule has 1 N–H and O–H groups in total. The zero-order chi connectivity index (χ0) is 21.6. The molecule has 2 rings (SSSR count). The van der Waals surface area contributed by atoms with Gasteiger partial charge in [0.15, 0.2) is 5.82 Å². The van der Waals surface area contributed by atoms with Crippen LogP contribution in [0.3, 0.4) is 0 Å². The first-order valence-corrected chi connectivity index (χ1v) is 9.39. The second kappa shape index (κ2) is 9.67. The highest BCUT2D eigenvalue weighted by atomic mass is 19.4. The van der Waals surface area contributed by atoms with E-state index in [1.807, 2.05) is 6.92 Å². The van der Waals surface area contributed by atoms with Gasteiger partial charge in [-0.3, -0.25) is 0 Å². The van der Waals surface area contributed by atoms with Crippen LogP contribution in [0.1, 0.15) is 38.8 Å². The molecule has 0 aliphatic heterocycles. The van der Waals surface area contributed by atoms with Crippen molar-refractivity contribution < 1.29 is 27.4 Å². The SMILES string of the molecule is CCC[C@@H](CC)Oc1nc(C)c(-c2ccc(OC(F)(F)F)cc2OC)nc1NC. The lowest BCUT2D eigenvalue weighted by atomic mass is 10.1. The van der Waals surface area contributed by atoms with Crippen molar-refractivity contribution in [3.8, 4) is 28.6 Å². The molecule has 29 heavy (non-hydrogen) atoms. The van der Waals surface area contributed by atoms with Crippen LogP contribution in [0.2, 0.25) is 0 Å². The molecule has 0 amide bonds. The maximum absolute atomic E-state index is 12.5. The molecular weight excluding hydrogens is 387 g/mol. The van der Waals surface area contributed by atoms with Crippen LogP contribution in [0, 0.1) is 6.92 Å². The molecule has 1 atom stereocenters. The summed E-state index contributed by atoms with van der Waals surface area (Å²) in [5, 5.41) is 2.97. The Hall–Kier alpha value is -2.71. The molecule has 9 heteroatoms. The quantitative estimate of drug-likeness (QED) is 0.597. The third-order valence-corrected chi connectivity index (χ3v) is 4.28. The molecule has 1 aromatic carbocycles. The molecular formula is C20H26F3N3O3. The van der Waals surface area contributed by atoms with Crippen molar-refractivity contribution in [3.05, 3.63) is 23.9 Å². The summed E-state index contributed by atoms with van der Waals surface area (Å²) in [6.07, 6.45) is -2.03. The first-order chi connectivity index (χ1) is 13.7. The predicted molar refractivity (Wildman–Crippen MR) is 105 cm³/mol. The van der Waals surface area contributed by atoms with Crippen molar-refractivity contribution in [2.75, 3.05) is 19.5 Å². The van der Waals surface area contributed by atoms with Crippen LogP contribution in [-0.2, 0) is 0 Å². The molecule has 0 spiro atoms. The number of hydrogen-bond acceptors (Lipinski definition) is 6. The molecule has 0 aliphatic rings. The van der Waals surface area contributed by atoms with Crippen LogP contribution in [0.5, 0.6) is 17.4 Å². The van der Waals surface area contributed by atoms with Gasteiger partial charge in [0.2, 0.25) is 0 Å². The van der Waals surface area contributed by atoms with Gasteiger partial charge in [-0.15, -0.1) is 13.2 Å². The van der Waals surface area contributed by atoms with E-state index in [9.17, 15) is 13.2 Å². The Kier molecular flexibility index (Phi) is 7.53. The smallest absolute Gasteiger partial charge is 0.496 e. The van der Waals surface area contributed by atoms with Crippen LogP contribution >= 0.6 is 0 Å². The summed E-state index contributed by atoms with van der Waals surface area (Å²) < 4.78 is 52.7. The van der Waals surface area contributed by atoms with Crippen molar-refractivity contribution >= 4 is 5.82 Å². The molecule has 0 bridgehead atoms. The van der Waals surface area contributed by atoms with E-state index in [-0.39, 0.29) is 17.6 Å². The van der Waals surface area contributed by atoms with E-state index in [2.05, 4.69) is 26.9 Å². The molecule has 0 fully saturated rings. The minimum Gasteiger partial charge on any atom is -0.496 e. The third kappa shape index (κ3) is 5.88. The Bertz CT molecular complexity index is 829. The van der Waals surface area contributed by atoms with Gasteiger partial charge in [0, 0.05) is 18.7 Å². The zero-order valence-electron chi connectivity index (χ0n) is 17.2. The van der Waals surface area contributed by atoms with Crippen LogP contribution in [0.15, 0.2) is 18.2 Å². The van der Waals surface area contributed by atoms with E-state index >= 15 is 0 Å². The highest BCUT2D eigenvalue weighted by Gasteiger charge is 2.31. The maximum atomic E-state index is 12.5. The lowest BCUT2D eigenvalue weighted by Crippen LogP contribution is -2.18. The Labute approximate surface area is 168 Å². The van der Waals surface area contributed by atoms with Gasteiger partial charge < -0.3 is 19.5 Å². The summed E-state index contributed by atoms with van der Waals surface area (Å²) in [4.78, 5) is 9.11. The average molecular weight is 413 g/mol. The van der Waals surface area contributed by atoms with Gasteiger partial charge in [-0.25, -0.2) is 9.97 Å². The highest BCUT2D eigenvalue weighted by molar-refractivity contribution is 5.72. The molecule has 2 aromatic rings. The number of halogens is 3. The monoisotopic (exact) mass is 413 g/mol. The van der Waals surface area contributed by atoms with Crippen LogP contribution in [-0.4, -0.2) is 36.6 Å². The number of aryl methyl sites for hydroxylation is 1. The first kappa shape index (κ1) is 22.6. The predicted octanol–water partition coefficient (Wildman–Crippen LogP) is 5.36. The number of nitrogens with one attached hydrogen (secondary N) is 1. The largest absolute Gasteiger partial charge is 0.573 e. The minimum absolute atomic E-state index is 0.0278. The summed E-state index contributed by atoms with van der Waals surface area (Å²) in [7, 11) is 3.07. The molecule has 0 radical (unpaired) electrons. The van der Waals surface area contributed by atoms with Gasteiger partial charge in [-0.2, -0.15) is 0 Å². The van der Waals surface area contributed by atoms with Gasteiger partial charge in [0.1, 0.15) is 17.6 Å². The number of rotatable bonds is 9. The van der Waals surface area contributed by atoms with Gasteiger partial charge in [0.25, 0.3) is 5.88 Å². The van der Waals surface area contributed by atoms with Gasteiger partial charge in [-0.05, 0) is 31.9 Å². The van der Waals surface area contributed by atoms with Crippen LogP contribution in [0.25, 0.3) is 11.3 Å². The van der Waals surface area contributed by atoms with Crippen molar-refractivity contribution in [3.63, 3.8) is 0 Å². The Balaban J connectivity index is 2.44. The zero-order valence-corrected chi connectivity index (χ0v) is 17.2. The summed E-state index contributed by atoms with van der Waals surface area (Å²) in [6.45, 7) is 5.89. The van der Waals surface area contributed by atoms with E-state index in [4.69, 9.17) is 9.47 Å². The summed E-state index contributed by atoms with van der Waals surface area (Å²) >= 11 is 0. The van der Waals surface area contributed by atoms with E-state index in [0.29, 0.717) is 28.6 Å². The number of aromatic nitrogens is 2. The number of benzene rings is 1. The number of anilines is 1. The molecule has 0 saturated carbocycles. The lowest BCUT2D eigenvalue weighted by molar-refractivity contribution is -0.274. The maximum Gasteiger partial charge on any atom is 0.573 e. The number of alkyl halides is 3. The second-order valence-corrected chi connectivity index (χ2v) is 6.41. The van der Waals surface area contributed by atoms with Gasteiger partial charge in [-0.1, -0.05) is 20.3 Å². The van der Waals surface area contributed by atoms with Gasteiger partial charge in [0.05, 0.1) is 18.5 Å². The number of methoxy groups -OCH3 is 1. The molecule has 1 aromatic heterocycles. The molecule has 0 saturated heterocycles. The summed E-state index contributed by atoms with van der Waals surface area (Å²) in [6, 6.07) is 3.84. The molecule has 0 unspecified atom stereocenters. The van der Waals surface area contributed by atoms with Crippen molar-refractivity contribution in [1.82, 2.24) is 9.97 Å². The number of ether oxygens (including phenoxy) is 3. The third-order valence-electron chi connectivity index (χ3n) is 4.28. The van der Waals surface area contributed by atoms with E-state index in [1.54, 1.807) is 14.0 Å². The molecule has 160 valence electrons. The van der Waals surface area contributed by atoms with Crippen molar-refractivity contribution in [2.24, 2.45) is 0 Å². The van der Waals surface area contributed by atoms with E-state index < -0.39 is 6.36 Å². The summed E-state index contributed by atoms with van der Waals surface area (Å²) in [5.74, 6) is 0.656. The fourth-order valence-electron chi connectivity index (χ4n) is 2.89. The van der Waals surface area contributed by atoms with Crippen molar-refractivity contribution in [2.45, 2.75) is 52.5 Å². The normalized spacial score (nSPS) is 12.4. The first-order valence-electron chi connectivity index (χ1n) is 9.39. The fourth-order valence-corrected chi connectivity index (χ4v) is 2.89. The number of nitrogens with zero attached hydrogens (tertiary/aromatic N) is 2. The Morgan fingerprint density at radius 1 is 1.17 bits per heavy atom.